The molecule has 0 bridgehead atoms. The van der Waals surface area contributed by atoms with Crippen LogP contribution in [0, 0.1) is 0 Å². The van der Waals surface area contributed by atoms with Gasteiger partial charge in [-0.15, -0.1) is 0 Å². The Hall–Kier alpha value is -2.34. The number of methoxy groups -OCH3 is 1. The minimum Gasteiger partial charge on any atom is -0.496 e. The molecule has 1 atom stereocenters. The highest BCUT2D eigenvalue weighted by Crippen LogP contribution is 2.38. The van der Waals surface area contributed by atoms with Crippen molar-refractivity contribution in [1.29, 1.82) is 0 Å². The smallest absolute Gasteiger partial charge is 0.241 e. The molecule has 0 saturated heterocycles. The molecule has 0 spiro atoms. The van der Waals surface area contributed by atoms with E-state index in [-0.39, 0.29) is 5.75 Å². The predicted molar refractivity (Wildman–Crippen MR) is 91.3 cm³/mol. The van der Waals surface area contributed by atoms with Crippen molar-refractivity contribution >= 4 is 15.9 Å². The average Bonchev–Trinajstić information content (AvgIpc) is 2.99. The van der Waals surface area contributed by atoms with Gasteiger partial charge in [-0.2, -0.15) is 0 Å². The van der Waals surface area contributed by atoms with Crippen LogP contribution in [0.3, 0.4) is 0 Å². The lowest BCUT2D eigenvalue weighted by Gasteiger charge is -2.13. The van der Waals surface area contributed by atoms with Gasteiger partial charge in [-0.25, -0.2) is 8.42 Å². The van der Waals surface area contributed by atoms with Crippen molar-refractivity contribution in [3.05, 3.63) is 65.2 Å². The number of nitrogens with one attached hydrogen (secondary N) is 1. The summed E-state index contributed by atoms with van der Waals surface area (Å²) < 4.78 is 32.0. The molecule has 1 aliphatic rings. The van der Waals surface area contributed by atoms with Crippen molar-refractivity contribution in [2.45, 2.75) is 24.5 Å². The van der Waals surface area contributed by atoms with E-state index in [2.05, 4.69) is 4.72 Å². The van der Waals surface area contributed by atoms with Crippen molar-refractivity contribution in [2.75, 3.05) is 7.11 Å². The fraction of sp³-hybridized carbons (Fsp3) is 0.278. The third-order valence-corrected chi connectivity index (χ3v) is 5.45. The van der Waals surface area contributed by atoms with Gasteiger partial charge in [0, 0.05) is 0 Å². The van der Waals surface area contributed by atoms with Crippen molar-refractivity contribution in [2.24, 2.45) is 0 Å². The Balaban J connectivity index is 1.75. The number of carbonyl (C=O) groups is 1. The lowest BCUT2D eigenvalue weighted by molar-refractivity contribution is -0.120. The molecular formula is C18H19NO4S. The first kappa shape index (κ1) is 16.5. The second-order valence-corrected chi connectivity index (χ2v) is 7.55. The Morgan fingerprint density at radius 2 is 1.92 bits per heavy atom. The maximum atomic E-state index is 12.5. The molecule has 1 N–H and O–H groups in total. The van der Waals surface area contributed by atoms with E-state index in [1.165, 1.54) is 0 Å². The zero-order chi connectivity index (χ0) is 17.2. The maximum Gasteiger partial charge on any atom is 0.241 e. The highest BCUT2D eigenvalue weighted by Gasteiger charge is 2.32. The van der Waals surface area contributed by atoms with Gasteiger partial charge in [0.25, 0.3) is 0 Å². The first-order chi connectivity index (χ1) is 11.5. The van der Waals surface area contributed by atoms with Gasteiger partial charge in [-0.05, 0) is 35.6 Å². The molecule has 24 heavy (non-hydrogen) atoms. The second-order valence-electron chi connectivity index (χ2n) is 5.83. The number of fused-ring (bicyclic) bond motifs is 1. The van der Waals surface area contributed by atoms with Crippen LogP contribution in [0.2, 0.25) is 0 Å². The predicted octanol–water partition coefficient (Wildman–Crippen LogP) is 2.37. The third kappa shape index (κ3) is 3.43. The molecule has 6 heteroatoms. The largest absolute Gasteiger partial charge is 0.496 e. The van der Waals surface area contributed by atoms with E-state index in [0.717, 1.165) is 16.9 Å². The molecule has 2 aromatic carbocycles. The zero-order valence-electron chi connectivity index (χ0n) is 13.4. The van der Waals surface area contributed by atoms with E-state index in [4.69, 9.17) is 4.74 Å². The number of sulfonamides is 1. The van der Waals surface area contributed by atoms with E-state index in [9.17, 15) is 13.2 Å². The molecule has 0 aromatic heterocycles. The minimum atomic E-state index is -3.72. The number of benzene rings is 2. The average molecular weight is 345 g/mol. The van der Waals surface area contributed by atoms with Crippen LogP contribution < -0.4 is 9.46 Å². The summed E-state index contributed by atoms with van der Waals surface area (Å²) in [5.74, 6) is -0.398. The van der Waals surface area contributed by atoms with Gasteiger partial charge in [-0.1, -0.05) is 42.5 Å². The molecule has 126 valence electrons. The van der Waals surface area contributed by atoms with Crippen LogP contribution >= 0.6 is 0 Å². The summed E-state index contributed by atoms with van der Waals surface area (Å²) in [6.45, 7) is 0. The normalized spacial score (nSPS) is 16.5. The Morgan fingerprint density at radius 1 is 1.17 bits per heavy atom. The molecular weight excluding hydrogens is 326 g/mol. The third-order valence-electron chi connectivity index (χ3n) is 4.22. The van der Waals surface area contributed by atoms with E-state index in [1.807, 2.05) is 24.3 Å². The van der Waals surface area contributed by atoms with E-state index in [0.29, 0.717) is 18.4 Å². The van der Waals surface area contributed by atoms with Gasteiger partial charge in [0.15, 0.2) is 0 Å². The van der Waals surface area contributed by atoms with Crippen LogP contribution in [0.25, 0.3) is 0 Å². The van der Waals surface area contributed by atoms with Crippen LogP contribution in [0.15, 0.2) is 48.5 Å². The van der Waals surface area contributed by atoms with Crippen molar-refractivity contribution < 1.29 is 17.9 Å². The van der Waals surface area contributed by atoms with Crippen LogP contribution in [0.5, 0.6) is 5.75 Å². The van der Waals surface area contributed by atoms with Gasteiger partial charge >= 0.3 is 0 Å². The summed E-state index contributed by atoms with van der Waals surface area (Å²) in [5.41, 5.74) is 2.48. The minimum absolute atomic E-state index is 0.211. The summed E-state index contributed by atoms with van der Waals surface area (Å²) in [4.78, 5) is 12.5. The van der Waals surface area contributed by atoms with Crippen molar-refractivity contribution in [3.63, 3.8) is 0 Å². The molecule has 0 heterocycles. The monoisotopic (exact) mass is 345 g/mol. The van der Waals surface area contributed by atoms with E-state index >= 15 is 0 Å². The number of hydrogen-bond donors (Lipinski definition) is 1. The molecule has 1 aliphatic carbocycles. The fourth-order valence-electron chi connectivity index (χ4n) is 3.14. The van der Waals surface area contributed by atoms with E-state index in [1.54, 1.807) is 31.4 Å². The Bertz CT molecular complexity index is 847. The van der Waals surface area contributed by atoms with Gasteiger partial charge in [0.05, 0.1) is 18.8 Å². The topological polar surface area (TPSA) is 72.5 Å². The number of hydrogen-bond acceptors (Lipinski definition) is 4. The first-order valence-corrected chi connectivity index (χ1v) is 9.39. The molecule has 0 radical (unpaired) electrons. The second kappa shape index (κ2) is 6.65. The molecule has 2 aromatic rings. The highest BCUT2D eigenvalue weighted by atomic mass is 32.2. The lowest BCUT2D eigenvalue weighted by Crippen LogP contribution is -2.34. The number of carbonyl (C=O) groups excluding carboxylic acids is 1. The standard InChI is InChI=1S/C18H19NO4S/c1-23-17-9-5-8-14-15(17)10-11-16(14)18(20)19-24(21,22)12-13-6-3-2-4-7-13/h2-9,16H,10-12H2,1H3,(H,19,20). The van der Waals surface area contributed by atoms with Gasteiger partial charge in [0.1, 0.15) is 5.75 Å². The molecule has 0 saturated carbocycles. The fourth-order valence-corrected chi connectivity index (χ4v) is 4.29. The summed E-state index contributed by atoms with van der Waals surface area (Å²) in [6.07, 6.45) is 1.29. The van der Waals surface area contributed by atoms with Crippen LogP contribution in [0.4, 0.5) is 0 Å². The molecule has 0 aliphatic heterocycles. The summed E-state index contributed by atoms with van der Waals surface area (Å²) in [6, 6.07) is 14.3. The number of amides is 1. The van der Waals surface area contributed by atoms with Crippen LogP contribution in [-0.2, 0) is 27.0 Å². The summed E-state index contributed by atoms with van der Waals surface area (Å²) >= 11 is 0. The molecule has 5 nitrogen and oxygen atoms in total. The lowest BCUT2D eigenvalue weighted by atomic mass is 10.0. The van der Waals surface area contributed by atoms with Crippen molar-refractivity contribution in [3.8, 4) is 5.75 Å². The maximum absolute atomic E-state index is 12.5. The summed E-state index contributed by atoms with van der Waals surface area (Å²) in [5, 5.41) is 0. The first-order valence-electron chi connectivity index (χ1n) is 7.74. The highest BCUT2D eigenvalue weighted by molar-refractivity contribution is 7.89. The zero-order valence-corrected chi connectivity index (χ0v) is 14.2. The van der Waals surface area contributed by atoms with Gasteiger partial charge in [-0.3, -0.25) is 9.52 Å². The van der Waals surface area contributed by atoms with Crippen molar-refractivity contribution in [1.82, 2.24) is 4.72 Å². The van der Waals surface area contributed by atoms with Crippen LogP contribution in [-0.4, -0.2) is 21.4 Å². The van der Waals surface area contributed by atoms with Gasteiger partial charge < -0.3 is 4.74 Å². The Morgan fingerprint density at radius 3 is 2.62 bits per heavy atom. The van der Waals surface area contributed by atoms with Gasteiger partial charge in [0.2, 0.25) is 15.9 Å². The molecule has 1 amide bonds. The molecule has 0 fully saturated rings. The number of rotatable bonds is 5. The van der Waals surface area contributed by atoms with E-state index < -0.39 is 21.8 Å². The number of ether oxygens (including phenoxy) is 1. The SMILES string of the molecule is COc1cccc2c1CCC2C(=O)NS(=O)(=O)Cc1ccccc1. The van der Waals surface area contributed by atoms with Crippen LogP contribution in [0.1, 0.15) is 29.0 Å². The summed E-state index contributed by atoms with van der Waals surface area (Å²) in [7, 11) is -2.13. The Labute approximate surface area is 141 Å². The molecule has 3 rings (SSSR count). The quantitative estimate of drug-likeness (QED) is 0.903. The molecule has 1 unspecified atom stereocenters. The Kier molecular flexibility index (Phi) is 4.57.